The minimum absolute atomic E-state index is 0.0458. The zero-order valence-corrected chi connectivity index (χ0v) is 13.3. The number of aromatic nitrogens is 1. The Bertz CT molecular complexity index is 755. The lowest BCUT2D eigenvalue weighted by molar-refractivity contribution is 0.0696. The first-order chi connectivity index (χ1) is 11.6. The number of furan rings is 1. The molecule has 24 heavy (non-hydrogen) atoms. The van der Waals surface area contributed by atoms with Crippen molar-refractivity contribution in [2.45, 2.75) is 25.5 Å². The van der Waals surface area contributed by atoms with Crippen molar-refractivity contribution in [3.05, 3.63) is 53.2 Å². The molecule has 0 bridgehead atoms. The number of hydrogen-bond acceptors (Lipinski definition) is 5. The van der Waals surface area contributed by atoms with Gasteiger partial charge in [-0.3, -0.25) is 9.78 Å². The lowest BCUT2D eigenvalue weighted by Crippen LogP contribution is -2.31. The topological polar surface area (TPSA) is 92.9 Å². The van der Waals surface area contributed by atoms with Crippen molar-refractivity contribution in [3.63, 3.8) is 0 Å². The smallest absolute Gasteiger partial charge is 0.335 e. The number of rotatable bonds is 5. The van der Waals surface area contributed by atoms with Crippen LogP contribution in [0.5, 0.6) is 0 Å². The number of aromatic carboxylic acids is 1. The molecule has 1 unspecified atom stereocenters. The van der Waals surface area contributed by atoms with Crippen molar-refractivity contribution < 1.29 is 23.8 Å². The van der Waals surface area contributed by atoms with E-state index in [-0.39, 0.29) is 23.2 Å². The number of likely N-dealkylation sites (tertiary alicyclic amines) is 1. The molecule has 1 fully saturated rings. The first-order valence-corrected chi connectivity index (χ1v) is 7.68. The third-order valence-electron chi connectivity index (χ3n) is 4.04. The van der Waals surface area contributed by atoms with Crippen LogP contribution >= 0.6 is 0 Å². The fraction of sp³-hybridized carbons (Fsp3) is 0.353. The second-order valence-electron chi connectivity index (χ2n) is 5.63. The molecule has 3 heterocycles. The summed E-state index contributed by atoms with van der Waals surface area (Å²) in [5, 5.41) is 9.06. The standard InChI is InChI=1S/C17H18N2O5/c1-23-10-12-4-5-15(24-12)14-3-2-8-19(14)16(20)13-9-11(17(21)22)6-7-18-13/h4-7,9,14H,2-3,8,10H2,1H3,(H,21,22). The SMILES string of the molecule is COCc1ccc(C2CCCN2C(=O)c2cc(C(=O)O)ccn2)o1. The van der Waals surface area contributed by atoms with Crippen molar-refractivity contribution in [1.82, 2.24) is 9.88 Å². The van der Waals surface area contributed by atoms with Crippen molar-refractivity contribution in [1.29, 1.82) is 0 Å². The van der Waals surface area contributed by atoms with Gasteiger partial charge in [0, 0.05) is 19.9 Å². The first-order valence-electron chi connectivity index (χ1n) is 7.68. The Balaban J connectivity index is 1.83. The van der Waals surface area contributed by atoms with E-state index in [1.807, 2.05) is 12.1 Å². The molecule has 1 atom stereocenters. The minimum atomic E-state index is -1.08. The van der Waals surface area contributed by atoms with E-state index in [0.717, 1.165) is 12.8 Å². The zero-order valence-electron chi connectivity index (χ0n) is 13.3. The number of methoxy groups -OCH3 is 1. The Labute approximate surface area is 138 Å². The molecule has 1 saturated heterocycles. The third kappa shape index (κ3) is 3.16. The molecule has 0 aliphatic carbocycles. The van der Waals surface area contributed by atoms with E-state index in [4.69, 9.17) is 14.3 Å². The van der Waals surface area contributed by atoms with Crippen molar-refractivity contribution in [2.75, 3.05) is 13.7 Å². The van der Waals surface area contributed by atoms with Gasteiger partial charge < -0.3 is 19.2 Å². The van der Waals surface area contributed by atoms with Crippen molar-refractivity contribution in [3.8, 4) is 0 Å². The molecule has 1 aliphatic heterocycles. The van der Waals surface area contributed by atoms with Gasteiger partial charge in [0.25, 0.3) is 5.91 Å². The van der Waals surface area contributed by atoms with Crippen molar-refractivity contribution in [2.24, 2.45) is 0 Å². The number of hydrogen-bond donors (Lipinski definition) is 1. The second-order valence-corrected chi connectivity index (χ2v) is 5.63. The Morgan fingerprint density at radius 2 is 2.25 bits per heavy atom. The van der Waals surface area contributed by atoms with Crippen LogP contribution in [0.25, 0.3) is 0 Å². The van der Waals surface area contributed by atoms with Crippen LogP contribution in [0.4, 0.5) is 0 Å². The molecule has 1 N–H and O–H groups in total. The largest absolute Gasteiger partial charge is 0.478 e. The van der Waals surface area contributed by atoms with Gasteiger partial charge in [-0.2, -0.15) is 0 Å². The second kappa shape index (κ2) is 6.84. The van der Waals surface area contributed by atoms with Crippen LogP contribution in [-0.2, 0) is 11.3 Å². The van der Waals surface area contributed by atoms with Crippen LogP contribution < -0.4 is 0 Å². The quantitative estimate of drug-likeness (QED) is 0.905. The summed E-state index contributed by atoms with van der Waals surface area (Å²) in [5.74, 6) is 0.0463. The molecule has 0 spiro atoms. The fourth-order valence-corrected chi connectivity index (χ4v) is 2.93. The Morgan fingerprint density at radius 3 is 3.00 bits per heavy atom. The predicted molar refractivity (Wildman–Crippen MR) is 83.6 cm³/mol. The Morgan fingerprint density at radius 1 is 1.42 bits per heavy atom. The Kier molecular flexibility index (Phi) is 4.61. The highest BCUT2D eigenvalue weighted by molar-refractivity contribution is 5.96. The van der Waals surface area contributed by atoms with Crippen LogP contribution in [0.1, 0.15) is 51.3 Å². The fourth-order valence-electron chi connectivity index (χ4n) is 2.93. The molecule has 7 nitrogen and oxygen atoms in total. The summed E-state index contributed by atoms with van der Waals surface area (Å²) in [4.78, 5) is 29.5. The van der Waals surface area contributed by atoms with Gasteiger partial charge in [-0.1, -0.05) is 0 Å². The maximum atomic E-state index is 12.7. The average Bonchev–Trinajstić information content (AvgIpc) is 3.23. The molecule has 1 aliphatic rings. The van der Waals surface area contributed by atoms with Gasteiger partial charge in [0.15, 0.2) is 0 Å². The predicted octanol–water partition coefficient (Wildman–Crippen LogP) is 2.50. The highest BCUT2D eigenvalue weighted by atomic mass is 16.5. The van der Waals surface area contributed by atoms with E-state index >= 15 is 0 Å². The van der Waals surface area contributed by atoms with Gasteiger partial charge in [0.05, 0.1) is 11.6 Å². The lowest BCUT2D eigenvalue weighted by Gasteiger charge is -2.22. The highest BCUT2D eigenvalue weighted by Gasteiger charge is 2.33. The van der Waals surface area contributed by atoms with E-state index in [1.54, 1.807) is 12.0 Å². The minimum Gasteiger partial charge on any atom is -0.478 e. The van der Waals surface area contributed by atoms with E-state index in [9.17, 15) is 9.59 Å². The van der Waals surface area contributed by atoms with E-state index in [1.165, 1.54) is 18.3 Å². The number of pyridine rings is 1. The maximum Gasteiger partial charge on any atom is 0.335 e. The zero-order chi connectivity index (χ0) is 17.1. The summed E-state index contributed by atoms with van der Waals surface area (Å²) in [5.41, 5.74) is 0.176. The molecular weight excluding hydrogens is 312 g/mol. The normalized spacial score (nSPS) is 17.2. The van der Waals surface area contributed by atoms with Crippen molar-refractivity contribution >= 4 is 11.9 Å². The van der Waals surface area contributed by atoms with Gasteiger partial charge in [-0.25, -0.2) is 4.79 Å². The lowest BCUT2D eigenvalue weighted by atomic mass is 10.1. The molecule has 126 valence electrons. The number of amides is 1. The molecule has 0 aromatic carbocycles. The summed E-state index contributed by atoms with van der Waals surface area (Å²) in [6.45, 7) is 0.964. The number of carboxylic acid groups (broad SMARTS) is 1. The summed E-state index contributed by atoms with van der Waals surface area (Å²) in [6.07, 6.45) is 2.99. The molecule has 0 radical (unpaired) electrons. The third-order valence-corrected chi connectivity index (χ3v) is 4.04. The van der Waals surface area contributed by atoms with Crippen LogP contribution in [0, 0.1) is 0 Å². The van der Waals surface area contributed by atoms with Gasteiger partial charge in [0.2, 0.25) is 0 Å². The van der Waals surface area contributed by atoms with Crippen LogP contribution in [0.3, 0.4) is 0 Å². The van der Waals surface area contributed by atoms with Crippen LogP contribution in [0.2, 0.25) is 0 Å². The number of carbonyl (C=O) groups excluding carboxylic acids is 1. The van der Waals surface area contributed by atoms with Gasteiger partial charge in [-0.05, 0) is 37.1 Å². The summed E-state index contributed by atoms with van der Waals surface area (Å²) in [6, 6.07) is 6.19. The van der Waals surface area contributed by atoms with Crippen LogP contribution in [0.15, 0.2) is 34.9 Å². The number of carboxylic acids is 1. The monoisotopic (exact) mass is 330 g/mol. The molecule has 0 saturated carbocycles. The summed E-state index contributed by atoms with van der Waals surface area (Å²) >= 11 is 0. The number of ether oxygens (including phenoxy) is 1. The number of carbonyl (C=O) groups is 2. The van der Waals surface area contributed by atoms with Gasteiger partial charge in [-0.15, -0.1) is 0 Å². The number of nitrogens with zero attached hydrogens (tertiary/aromatic N) is 2. The first kappa shape index (κ1) is 16.2. The molecule has 2 aromatic heterocycles. The molecule has 7 heteroatoms. The molecule has 2 aromatic rings. The Hall–Kier alpha value is -2.67. The molecular formula is C17H18N2O5. The summed E-state index contributed by atoms with van der Waals surface area (Å²) in [7, 11) is 1.59. The van der Waals surface area contributed by atoms with Gasteiger partial charge >= 0.3 is 5.97 Å². The highest BCUT2D eigenvalue weighted by Crippen LogP contribution is 2.34. The molecule has 1 amide bonds. The molecule has 3 rings (SSSR count). The summed E-state index contributed by atoms with van der Waals surface area (Å²) < 4.78 is 10.8. The van der Waals surface area contributed by atoms with Gasteiger partial charge in [0.1, 0.15) is 23.8 Å². The van der Waals surface area contributed by atoms with E-state index < -0.39 is 5.97 Å². The van der Waals surface area contributed by atoms with Crippen LogP contribution in [-0.4, -0.2) is 40.5 Å². The van der Waals surface area contributed by atoms with E-state index in [2.05, 4.69) is 4.98 Å². The van der Waals surface area contributed by atoms with E-state index in [0.29, 0.717) is 24.7 Å². The maximum absolute atomic E-state index is 12.7. The average molecular weight is 330 g/mol.